The number of nitrogens with one attached hydrogen (secondary N) is 1. The van der Waals surface area contributed by atoms with Crippen LogP contribution in [0.4, 0.5) is 8.78 Å². The van der Waals surface area contributed by atoms with Crippen LogP contribution < -0.4 is 11.3 Å². The van der Waals surface area contributed by atoms with Crippen LogP contribution in [0.1, 0.15) is 23.2 Å². The van der Waals surface area contributed by atoms with Gasteiger partial charge in [-0.1, -0.05) is 0 Å². The lowest BCUT2D eigenvalue weighted by Crippen LogP contribution is -2.15. The minimum atomic E-state index is -2.69. The van der Waals surface area contributed by atoms with Gasteiger partial charge in [0.25, 0.3) is 6.43 Å². The SMILES string of the molecule is Cc1cc(=O)[nH]c(C(F)F)c1CN. The Kier molecular flexibility index (Phi) is 2.77. The van der Waals surface area contributed by atoms with E-state index < -0.39 is 12.0 Å². The van der Waals surface area contributed by atoms with Crippen molar-refractivity contribution >= 4 is 0 Å². The van der Waals surface area contributed by atoms with Crippen LogP contribution in [-0.2, 0) is 6.54 Å². The second-order valence-corrected chi connectivity index (χ2v) is 2.71. The molecule has 0 saturated heterocycles. The highest BCUT2D eigenvalue weighted by molar-refractivity contribution is 5.29. The monoisotopic (exact) mass is 188 g/mol. The van der Waals surface area contributed by atoms with Crippen LogP contribution in [0.2, 0.25) is 0 Å². The summed E-state index contributed by atoms with van der Waals surface area (Å²) < 4.78 is 24.7. The minimum Gasteiger partial charge on any atom is -0.326 e. The molecule has 0 aliphatic carbocycles. The van der Waals surface area contributed by atoms with Crippen LogP contribution in [-0.4, -0.2) is 4.98 Å². The molecule has 13 heavy (non-hydrogen) atoms. The van der Waals surface area contributed by atoms with E-state index in [4.69, 9.17) is 5.73 Å². The molecular formula is C8H10F2N2O. The summed E-state index contributed by atoms with van der Waals surface area (Å²) in [5.41, 5.74) is 5.21. The van der Waals surface area contributed by atoms with E-state index in [1.807, 2.05) is 0 Å². The van der Waals surface area contributed by atoms with Crippen molar-refractivity contribution in [2.24, 2.45) is 5.73 Å². The van der Waals surface area contributed by atoms with Crippen molar-refractivity contribution in [1.82, 2.24) is 4.98 Å². The van der Waals surface area contributed by atoms with Crippen LogP contribution in [0, 0.1) is 6.92 Å². The van der Waals surface area contributed by atoms with Crippen LogP contribution >= 0.6 is 0 Å². The van der Waals surface area contributed by atoms with Crippen LogP contribution in [0.3, 0.4) is 0 Å². The molecule has 0 unspecified atom stereocenters. The smallest absolute Gasteiger partial charge is 0.278 e. The normalized spacial score (nSPS) is 10.8. The molecule has 0 spiro atoms. The Hall–Kier alpha value is -1.23. The van der Waals surface area contributed by atoms with Crippen molar-refractivity contribution < 1.29 is 8.78 Å². The van der Waals surface area contributed by atoms with Crippen molar-refractivity contribution in [3.8, 4) is 0 Å². The molecule has 3 N–H and O–H groups in total. The number of alkyl halides is 2. The summed E-state index contributed by atoms with van der Waals surface area (Å²) >= 11 is 0. The first kappa shape index (κ1) is 9.85. The molecule has 0 radical (unpaired) electrons. The molecule has 0 aliphatic rings. The van der Waals surface area contributed by atoms with Gasteiger partial charge in [-0.2, -0.15) is 0 Å². The summed E-state index contributed by atoms with van der Waals surface area (Å²) in [5, 5.41) is 0. The van der Waals surface area contributed by atoms with E-state index >= 15 is 0 Å². The Labute approximate surface area is 73.6 Å². The lowest BCUT2D eigenvalue weighted by molar-refractivity contribution is 0.144. The Bertz CT molecular complexity index is 360. The second-order valence-electron chi connectivity index (χ2n) is 2.71. The predicted molar refractivity (Wildman–Crippen MR) is 44.6 cm³/mol. The summed E-state index contributed by atoms with van der Waals surface area (Å²) in [4.78, 5) is 12.9. The molecule has 0 aromatic carbocycles. The van der Waals surface area contributed by atoms with E-state index in [0.29, 0.717) is 11.1 Å². The van der Waals surface area contributed by atoms with E-state index in [1.165, 1.54) is 6.07 Å². The van der Waals surface area contributed by atoms with E-state index in [-0.39, 0.29) is 12.2 Å². The number of rotatable bonds is 2. The van der Waals surface area contributed by atoms with Crippen molar-refractivity contribution in [3.05, 3.63) is 33.2 Å². The number of halogens is 2. The molecule has 0 aliphatic heterocycles. The number of aryl methyl sites for hydroxylation is 1. The average Bonchev–Trinajstić information content (AvgIpc) is 2.02. The van der Waals surface area contributed by atoms with Crippen molar-refractivity contribution in [3.63, 3.8) is 0 Å². The molecule has 1 heterocycles. The molecule has 5 heteroatoms. The molecule has 1 aromatic heterocycles. The third-order valence-electron chi connectivity index (χ3n) is 1.83. The lowest BCUT2D eigenvalue weighted by Gasteiger charge is -2.08. The zero-order chi connectivity index (χ0) is 10.0. The minimum absolute atomic E-state index is 0.00227. The Morgan fingerprint density at radius 2 is 2.23 bits per heavy atom. The van der Waals surface area contributed by atoms with Crippen LogP contribution in [0.15, 0.2) is 10.9 Å². The summed E-state index contributed by atoms with van der Waals surface area (Å²) in [6.45, 7) is 1.59. The third kappa shape index (κ3) is 1.92. The fourth-order valence-electron chi connectivity index (χ4n) is 1.20. The Balaban J connectivity index is 3.38. The van der Waals surface area contributed by atoms with Gasteiger partial charge in [0, 0.05) is 12.6 Å². The topological polar surface area (TPSA) is 58.9 Å². The van der Waals surface area contributed by atoms with Gasteiger partial charge in [0.15, 0.2) is 0 Å². The summed E-state index contributed by atoms with van der Waals surface area (Å²) in [6.07, 6.45) is -2.69. The van der Waals surface area contributed by atoms with Gasteiger partial charge in [0.2, 0.25) is 5.56 Å². The first-order valence-corrected chi connectivity index (χ1v) is 3.77. The van der Waals surface area contributed by atoms with Crippen molar-refractivity contribution in [2.45, 2.75) is 19.9 Å². The van der Waals surface area contributed by atoms with Gasteiger partial charge in [-0.25, -0.2) is 8.78 Å². The molecule has 3 nitrogen and oxygen atoms in total. The van der Waals surface area contributed by atoms with E-state index in [9.17, 15) is 13.6 Å². The van der Waals surface area contributed by atoms with Gasteiger partial charge < -0.3 is 10.7 Å². The highest BCUT2D eigenvalue weighted by atomic mass is 19.3. The van der Waals surface area contributed by atoms with Crippen LogP contribution in [0.5, 0.6) is 0 Å². The molecular weight excluding hydrogens is 178 g/mol. The number of nitrogens with two attached hydrogens (primary N) is 1. The Morgan fingerprint density at radius 3 is 2.69 bits per heavy atom. The molecule has 0 amide bonds. The summed E-state index contributed by atoms with van der Waals surface area (Å²) in [7, 11) is 0. The summed E-state index contributed by atoms with van der Waals surface area (Å²) in [5.74, 6) is 0. The van der Waals surface area contributed by atoms with Gasteiger partial charge in [0.05, 0.1) is 5.69 Å². The fourth-order valence-corrected chi connectivity index (χ4v) is 1.20. The van der Waals surface area contributed by atoms with Gasteiger partial charge in [-0.05, 0) is 18.1 Å². The standard InChI is InChI=1S/C8H10F2N2O/c1-4-2-6(13)12-7(8(9)10)5(4)3-11/h2,8H,3,11H2,1H3,(H,12,13). The number of H-pyrrole nitrogens is 1. The molecule has 0 saturated carbocycles. The molecule has 72 valence electrons. The number of hydrogen-bond acceptors (Lipinski definition) is 2. The molecule has 0 fully saturated rings. The number of aromatic nitrogens is 1. The zero-order valence-corrected chi connectivity index (χ0v) is 7.10. The third-order valence-corrected chi connectivity index (χ3v) is 1.83. The maximum atomic E-state index is 12.3. The quantitative estimate of drug-likeness (QED) is 0.729. The lowest BCUT2D eigenvalue weighted by atomic mass is 10.1. The first-order chi connectivity index (χ1) is 6.06. The molecule has 1 aromatic rings. The molecule has 0 atom stereocenters. The number of pyridine rings is 1. The number of hydrogen-bond donors (Lipinski definition) is 2. The average molecular weight is 188 g/mol. The van der Waals surface area contributed by atoms with Gasteiger partial charge >= 0.3 is 0 Å². The van der Waals surface area contributed by atoms with Crippen molar-refractivity contribution in [2.75, 3.05) is 0 Å². The van der Waals surface area contributed by atoms with E-state index in [1.54, 1.807) is 6.92 Å². The Morgan fingerprint density at radius 1 is 1.62 bits per heavy atom. The predicted octanol–water partition coefficient (Wildman–Crippen LogP) is 1.08. The van der Waals surface area contributed by atoms with E-state index in [2.05, 4.69) is 4.98 Å². The fraction of sp³-hybridized carbons (Fsp3) is 0.375. The molecule has 1 rings (SSSR count). The van der Waals surface area contributed by atoms with Gasteiger partial charge in [-0.3, -0.25) is 4.79 Å². The van der Waals surface area contributed by atoms with Crippen molar-refractivity contribution in [1.29, 1.82) is 0 Å². The van der Waals surface area contributed by atoms with E-state index in [0.717, 1.165) is 0 Å². The highest BCUT2D eigenvalue weighted by Gasteiger charge is 2.14. The zero-order valence-electron chi connectivity index (χ0n) is 7.10. The van der Waals surface area contributed by atoms with Crippen LogP contribution in [0.25, 0.3) is 0 Å². The first-order valence-electron chi connectivity index (χ1n) is 3.77. The van der Waals surface area contributed by atoms with Gasteiger partial charge in [-0.15, -0.1) is 0 Å². The second kappa shape index (κ2) is 3.66. The van der Waals surface area contributed by atoms with Gasteiger partial charge in [0.1, 0.15) is 0 Å². The highest BCUT2D eigenvalue weighted by Crippen LogP contribution is 2.20. The maximum Gasteiger partial charge on any atom is 0.278 e. The molecule has 0 bridgehead atoms. The largest absolute Gasteiger partial charge is 0.326 e. The maximum absolute atomic E-state index is 12.3. The number of aromatic amines is 1. The summed E-state index contributed by atoms with van der Waals surface area (Å²) in [6, 6.07) is 1.26.